The second-order valence-electron chi connectivity index (χ2n) is 7.34. The van der Waals surface area contributed by atoms with Gasteiger partial charge in [-0.25, -0.2) is 9.18 Å². The molecule has 150 valence electrons. The van der Waals surface area contributed by atoms with Crippen molar-refractivity contribution in [1.82, 2.24) is 5.32 Å². The summed E-state index contributed by atoms with van der Waals surface area (Å²) in [7, 11) is 0. The Morgan fingerprint density at radius 1 is 1.33 bits per heavy atom. The van der Waals surface area contributed by atoms with Crippen LogP contribution in [0.5, 0.6) is 5.75 Å². The molecule has 0 aliphatic carbocycles. The molecule has 1 aromatic carbocycles. The average molecular weight is 385 g/mol. The molecule has 1 amide bonds. The smallest absolute Gasteiger partial charge is 0.366 e. The van der Waals surface area contributed by atoms with Gasteiger partial charge in [-0.15, -0.1) is 0 Å². The summed E-state index contributed by atoms with van der Waals surface area (Å²) < 4.78 is 44.6. The van der Waals surface area contributed by atoms with Crippen molar-refractivity contribution in [3.05, 3.63) is 29.8 Å². The fourth-order valence-electron chi connectivity index (χ4n) is 2.44. The highest BCUT2D eigenvalue weighted by Crippen LogP contribution is 2.33. The maximum atomic E-state index is 14.9. The van der Waals surface area contributed by atoms with E-state index >= 15 is 0 Å². The quantitative estimate of drug-likeness (QED) is 0.789. The summed E-state index contributed by atoms with van der Waals surface area (Å²) in [6.45, 7) is 6.45. The van der Waals surface area contributed by atoms with Crippen LogP contribution in [0.3, 0.4) is 0 Å². The van der Waals surface area contributed by atoms with Gasteiger partial charge in [-0.1, -0.05) is 32.9 Å². The third-order valence-electron chi connectivity index (χ3n) is 4.00. The Labute approximate surface area is 157 Å². The van der Waals surface area contributed by atoms with Gasteiger partial charge in [0.25, 0.3) is 0 Å². The normalized spacial score (nSPS) is 25.6. The number of esters is 1. The van der Waals surface area contributed by atoms with Crippen molar-refractivity contribution in [2.24, 2.45) is 5.41 Å². The highest BCUT2D eigenvalue weighted by molar-refractivity contribution is 5.92. The minimum atomic E-state index is -2.76. The first-order valence-electron chi connectivity index (χ1n) is 8.79. The van der Waals surface area contributed by atoms with Crippen molar-refractivity contribution in [3.8, 4) is 5.75 Å². The summed E-state index contributed by atoms with van der Waals surface area (Å²) >= 11 is 0. The number of hydrogen-bond acceptors (Lipinski definition) is 5. The number of carbonyl (C=O) groups excluding carboxylic acids is 2. The Morgan fingerprint density at radius 2 is 2.00 bits per heavy atom. The molecule has 1 aliphatic rings. The van der Waals surface area contributed by atoms with Crippen molar-refractivity contribution in [1.29, 1.82) is 0 Å². The van der Waals surface area contributed by atoms with E-state index in [1.54, 1.807) is 39.8 Å². The number of carbonyl (C=O) groups is 2. The van der Waals surface area contributed by atoms with Gasteiger partial charge in [-0.05, 0) is 19.1 Å². The van der Waals surface area contributed by atoms with E-state index in [2.05, 4.69) is 5.32 Å². The van der Waals surface area contributed by atoms with Gasteiger partial charge in [0, 0.05) is 5.41 Å². The lowest BCUT2D eigenvalue weighted by Gasteiger charge is -2.37. The summed E-state index contributed by atoms with van der Waals surface area (Å²) in [6, 6.07) is 2.16. The van der Waals surface area contributed by atoms with Crippen LogP contribution in [-0.4, -0.2) is 43.3 Å². The lowest BCUT2D eigenvalue weighted by Crippen LogP contribution is -2.56. The Kier molecular flexibility index (Phi) is 6.41. The number of halogens is 2. The minimum Gasteiger partial charge on any atom is -0.462 e. The first kappa shape index (κ1) is 21.1. The number of nitrogens with one attached hydrogen (secondary N) is 1. The fourth-order valence-corrected chi connectivity index (χ4v) is 2.44. The highest BCUT2D eigenvalue weighted by atomic mass is 19.2. The summed E-state index contributed by atoms with van der Waals surface area (Å²) in [5, 5.41) is 2.52. The Hall–Kier alpha value is -2.22. The van der Waals surface area contributed by atoms with Crippen LogP contribution in [0.4, 0.5) is 8.78 Å². The zero-order valence-electron chi connectivity index (χ0n) is 15.9. The number of benzene rings is 1. The molecule has 2 rings (SSSR count). The van der Waals surface area contributed by atoms with Crippen LogP contribution in [0, 0.1) is 5.41 Å². The van der Waals surface area contributed by atoms with E-state index in [1.165, 1.54) is 12.1 Å². The fraction of sp³-hybridized carbons (Fsp3) is 0.579. The Morgan fingerprint density at radius 3 is 2.59 bits per heavy atom. The van der Waals surface area contributed by atoms with E-state index < -0.39 is 42.7 Å². The van der Waals surface area contributed by atoms with Gasteiger partial charge in [0.05, 0.1) is 25.7 Å². The van der Waals surface area contributed by atoms with Gasteiger partial charge in [0.1, 0.15) is 17.5 Å². The van der Waals surface area contributed by atoms with E-state index in [1.807, 2.05) is 0 Å². The molecule has 8 heteroatoms. The van der Waals surface area contributed by atoms with Crippen LogP contribution in [0.25, 0.3) is 0 Å². The monoisotopic (exact) mass is 385 g/mol. The van der Waals surface area contributed by atoms with Crippen molar-refractivity contribution in [2.75, 3.05) is 13.2 Å². The third kappa shape index (κ3) is 5.38. The minimum absolute atomic E-state index is 0.0125. The maximum Gasteiger partial charge on any atom is 0.366 e. The van der Waals surface area contributed by atoms with E-state index in [-0.39, 0.29) is 23.8 Å². The Bertz CT molecular complexity index is 691. The molecule has 0 saturated carbocycles. The molecule has 3 unspecified atom stereocenters. The van der Waals surface area contributed by atoms with Gasteiger partial charge in [-0.2, -0.15) is 4.39 Å². The highest BCUT2D eigenvalue weighted by Gasteiger charge is 2.46. The third-order valence-corrected chi connectivity index (χ3v) is 4.00. The molecule has 27 heavy (non-hydrogen) atoms. The molecule has 0 bridgehead atoms. The van der Waals surface area contributed by atoms with Crippen molar-refractivity contribution in [2.45, 2.75) is 52.4 Å². The second-order valence-corrected chi connectivity index (χ2v) is 7.34. The molecule has 1 heterocycles. The summed E-state index contributed by atoms with van der Waals surface area (Å²) in [5.74, 6) is -1.15. The molecule has 0 radical (unpaired) electrons. The van der Waals surface area contributed by atoms with Crippen LogP contribution < -0.4 is 10.1 Å². The molecule has 1 aliphatic heterocycles. The molecule has 1 fully saturated rings. The SMILES string of the molecule is CCOC(=O)c1ccccc1OC1(F)CC(F)C(NC(=O)C(C)(C)C)CO1. The number of para-hydroxylation sites is 1. The molecule has 6 nitrogen and oxygen atoms in total. The van der Waals surface area contributed by atoms with Gasteiger partial charge >= 0.3 is 12.0 Å². The maximum absolute atomic E-state index is 14.9. The largest absolute Gasteiger partial charge is 0.462 e. The Balaban J connectivity index is 2.07. The first-order valence-corrected chi connectivity index (χ1v) is 8.79. The van der Waals surface area contributed by atoms with Crippen LogP contribution in [0.2, 0.25) is 0 Å². The molecule has 1 saturated heterocycles. The molecule has 3 atom stereocenters. The molecule has 0 aromatic heterocycles. The summed E-state index contributed by atoms with van der Waals surface area (Å²) in [5.41, 5.74) is -0.697. The van der Waals surface area contributed by atoms with Gasteiger partial charge in [-0.3, -0.25) is 4.79 Å². The van der Waals surface area contributed by atoms with E-state index in [9.17, 15) is 18.4 Å². The second kappa shape index (κ2) is 8.21. The standard InChI is InChI=1S/C19H25F2NO5/c1-5-25-16(23)12-8-6-7-9-15(12)27-19(21)10-13(20)14(11-26-19)22-17(24)18(2,3)4/h6-9,13-14H,5,10-11H2,1-4H3,(H,22,24). The predicted octanol–water partition coefficient (Wildman–Crippen LogP) is 3.15. The number of amides is 1. The molecule has 0 spiro atoms. The van der Waals surface area contributed by atoms with Crippen LogP contribution in [0.1, 0.15) is 44.5 Å². The number of ether oxygens (including phenoxy) is 3. The first-order chi connectivity index (χ1) is 12.6. The number of rotatable bonds is 5. The molecular formula is C19H25F2NO5. The average Bonchev–Trinajstić information content (AvgIpc) is 2.57. The summed E-state index contributed by atoms with van der Waals surface area (Å²) in [4.78, 5) is 24.0. The zero-order valence-corrected chi connectivity index (χ0v) is 15.9. The van der Waals surface area contributed by atoms with Crippen LogP contribution in [0.15, 0.2) is 24.3 Å². The lowest BCUT2D eigenvalue weighted by molar-refractivity contribution is -0.303. The topological polar surface area (TPSA) is 73.9 Å². The lowest BCUT2D eigenvalue weighted by atomic mass is 9.94. The number of hydrogen-bond donors (Lipinski definition) is 1. The van der Waals surface area contributed by atoms with Crippen molar-refractivity contribution >= 4 is 11.9 Å². The van der Waals surface area contributed by atoms with Crippen LogP contribution >= 0.6 is 0 Å². The summed E-state index contributed by atoms with van der Waals surface area (Å²) in [6.07, 6.45) is -2.47. The zero-order chi connectivity index (χ0) is 20.2. The van der Waals surface area contributed by atoms with E-state index in [0.29, 0.717) is 0 Å². The van der Waals surface area contributed by atoms with Crippen LogP contribution in [-0.2, 0) is 14.3 Å². The van der Waals surface area contributed by atoms with Gasteiger partial charge in [0.2, 0.25) is 5.91 Å². The van der Waals surface area contributed by atoms with Gasteiger partial charge < -0.3 is 19.5 Å². The van der Waals surface area contributed by atoms with E-state index in [0.717, 1.165) is 0 Å². The van der Waals surface area contributed by atoms with Crippen molar-refractivity contribution < 1.29 is 32.6 Å². The van der Waals surface area contributed by atoms with Gasteiger partial charge in [0.15, 0.2) is 0 Å². The molecule has 1 aromatic rings. The molecular weight excluding hydrogens is 360 g/mol. The van der Waals surface area contributed by atoms with Crippen molar-refractivity contribution in [3.63, 3.8) is 0 Å². The predicted molar refractivity (Wildman–Crippen MR) is 93.7 cm³/mol. The molecule has 1 N–H and O–H groups in total. The number of alkyl halides is 2. The van der Waals surface area contributed by atoms with E-state index in [4.69, 9.17) is 14.2 Å².